The summed E-state index contributed by atoms with van der Waals surface area (Å²) >= 11 is 0. The Balaban J connectivity index is 1.71. The first-order chi connectivity index (χ1) is 15.6. The smallest absolute Gasteiger partial charge is 0.307 e. The molecule has 0 spiro atoms. The molecule has 0 aliphatic heterocycles. The van der Waals surface area contributed by atoms with Gasteiger partial charge < -0.3 is 24.3 Å². The van der Waals surface area contributed by atoms with Gasteiger partial charge in [-0.05, 0) is 54.4 Å². The van der Waals surface area contributed by atoms with E-state index in [0.29, 0.717) is 36.0 Å². The van der Waals surface area contributed by atoms with Gasteiger partial charge in [-0.15, -0.1) is 0 Å². The Morgan fingerprint density at radius 2 is 1.78 bits per heavy atom. The molecule has 32 heavy (non-hydrogen) atoms. The van der Waals surface area contributed by atoms with Gasteiger partial charge in [0.05, 0.1) is 25.8 Å². The van der Waals surface area contributed by atoms with Gasteiger partial charge in [0.2, 0.25) is 0 Å². The lowest BCUT2D eigenvalue weighted by Gasteiger charge is -2.13. The number of hydrogen-bond acceptors (Lipinski definition) is 4. The summed E-state index contributed by atoms with van der Waals surface area (Å²) in [6, 6.07) is 21.2. The summed E-state index contributed by atoms with van der Waals surface area (Å²) in [7, 11) is 1.59. The van der Waals surface area contributed by atoms with Gasteiger partial charge in [0, 0.05) is 16.5 Å². The summed E-state index contributed by atoms with van der Waals surface area (Å²) in [6.45, 7) is 2.88. The molecule has 2 N–H and O–H groups in total. The maximum absolute atomic E-state index is 11.6. The van der Waals surface area contributed by atoms with Gasteiger partial charge in [0.15, 0.2) is 11.5 Å². The van der Waals surface area contributed by atoms with E-state index in [1.165, 1.54) is 0 Å². The van der Waals surface area contributed by atoms with Crippen molar-refractivity contribution in [2.45, 2.75) is 20.0 Å². The number of rotatable bonds is 9. The summed E-state index contributed by atoms with van der Waals surface area (Å²) in [5, 5.41) is 10.4. The number of ether oxygens (including phenoxy) is 3. The number of methoxy groups -OCH3 is 1. The summed E-state index contributed by atoms with van der Waals surface area (Å²) in [6.07, 6.45) is -0.112. The van der Waals surface area contributed by atoms with Crippen molar-refractivity contribution in [3.05, 3.63) is 77.9 Å². The SMILES string of the molecule is CCOc1ccc2[nH]c(-c3ccc(OCc4ccccc4)c(OC)c3)c(CC(=O)O)c2c1. The normalized spacial score (nSPS) is 10.8. The van der Waals surface area contributed by atoms with Crippen LogP contribution in [0.15, 0.2) is 66.7 Å². The molecule has 3 aromatic carbocycles. The van der Waals surface area contributed by atoms with Crippen LogP contribution in [0.3, 0.4) is 0 Å². The Morgan fingerprint density at radius 3 is 2.50 bits per heavy atom. The van der Waals surface area contributed by atoms with Crippen molar-refractivity contribution in [3.8, 4) is 28.5 Å². The topological polar surface area (TPSA) is 80.8 Å². The number of H-pyrrole nitrogens is 1. The van der Waals surface area contributed by atoms with Gasteiger partial charge in [0.1, 0.15) is 12.4 Å². The van der Waals surface area contributed by atoms with E-state index in [4.69, 9.17) is 14.2 Å². The lowest BCUT2D eigenvalue weighted by atomic mass is 10.0. The predicted molar refractivity (Wildman–Crippen MR) is 124 cm³/mol. The summed E-state index contributed by atoms with van der Waals surface area (Å²) in [5.74, 6) is 1.01. The number of benzene rings is 3. The number of carbonyl (C=O) groups is 1. The van der Waals surface area contributed by atoms with Crippen molar-refractivity contribution in [1.29, 1.82) is 0 Å². The van der Waals surface area contributed by atoms with Gasteiger partial charge >= 0.3 is 5.97 Å². The fourth-order valence-corrected chi connectivity index (χ4v) is 3.74. The highest BCUT2D eigenvalue weighted by atomic mass is 16.5. The van der Waals surface area contributed by atoms with E-state index in [1.54, 1.807) is 7.11 Å². The molecule has 6 nitrogen and oxygen atoms in total. The zero-order valence-corrected chi connectivity index (χ0v) is 18.1. The molecule has 0 unspecified atom stereocenters. The van der Waals surface area contributed by atoms with Crippen molar-refractivity contribution in [2.24, 2.45) is 0 Å². The first kappa shape index (κ1) is 21.3. The first-order valence-corrected chi connectivity index (χ1v) is 10.4. The maximum Gasteiger partial charge on any atom is 0.307 e. The second-order valence-electron chi connectivity index (χ2n) is 7.33. The Hall–Kier alpha value is -3.93. The lowest BCUT2D eigenvalue weighted by Crippen LogP contribution is -2.01. The van der Waals surface area contributed by atoms with E-state index in [1.807, 2.05) is 73.7 Å². The molecule has 1 aromatic heterocycles. The van der Waals surface area contributed by atoms with Gasteiger partial charge in [-0.25, -0.2) is 0 Å². The van der Waals surface area contributed by atoms with Crippen LogP contribution in [0.1, 0.15) is 18.1 Å². The van der Waals surface area contributed by atoms with Crippen LogP contribution in [-0.2, 0) is 17.8 Å². The first-order valence-electron chi connectivity index (χ1n) is 10.4. The average Bonchev–Trinajstić information content (AvgIpc) is 3.15. The second-order valence-corrected chi connectivity index (χ2v) is 7.33. The van der Waals surface area contributed by atoms with Crippen molar-refractivity contribution in [3.63, 3.8) is 0 Å². The highest BCUT2D eigenvalue weighted by Gasteiger charge is 2.18. The number of aromatic nitrogens is 1. The molecular formula is C26H25NO5. The fourth-order valence-electron chi connectivity index (χ4n) is 3.74. The minimum atomic E-state index is -0.899. The van der Waals surface area contributed by atoms with Crippen LogP contribution in [0.4, 0.5) is 0 Å². The molecule has 0 aliphatic carbocycles. The van der Waals surface area contributed by atoms with E-state index < -0.39 is 5.97 Å². The molecule has 0 aliphatic rings. The number of aliphatic carboxylic acids is 1. The molecule has 0 bridgehead atoms. The lowest BCUT2D eigenvalue weighted by molar-refractivity contribution is -0.136. The number of aromatic amines is 1. The third-order valence-electron chi connectivity index (χ3n) is 5.21. The molecule has 0 saturated heterocycles. The number of carboxylic acids is 1. The Bertz CT molecular complexity index is 1230. The molecule has 0 amide bonds. The highest BCUT2D eigenvalue weighted by Crippen LogP contribution is 2.37. The summed E-state index contributed by atoms with van der Waals surface area (Å²) in [5.41, 5.74) is 4.17. The zero-order chi connectivity index (χ0) is 22.5. The highest BCUT2D eigenvalue weighted by molar-refractivity contribution is 5.95. The zero-order valence-electron chi connectivity index (χ0n) is 18.1. The minimum absolute atomic E-state index is 0.112. The molecule has 6 heteroatoms. The van der Waals surface area contributed by atoms with Gasteiger partial charge in [0.25, 0.3) is 0 Å². The molecule has 0 fully saturated rings. The van der Waals surface area contributed by atoms with E-state index in [9.17, 15) is 9.90 Å². The summed E-state index contributed by atoms with van der Waals surface area (Å²) < 4.78 is 17.1. The van der Waals surface area contributed by atoms with Crippen LogP contribution < -0.4 is 14.2 Å². The van der Waals surface area contributed by atoms with Crippen molar-refractivity contribution < 1.29 is 24.1 Å². The molecule has 0 radical (unpaired) electrons. The van der Waals surface area contributed by atoms with E-state index in [-0.39, 0.29) is 6.42 Å². The fraction of sp³-hybridized carbons (Fsp3) is 0.192. The van der Waals surface area contributed by atoms with Crippen LogP contribution in [0.25, 0.3) is 22.2 Å². The molecule has 1 heterocycles. The molecule has 0 atom stereocenters. The van der Waals surface area contributed by atoms with Crippen molar-refractivity contribution in [1.82, 2.24) is 4.98 Å². The Morgan fingerprint density at radius 1 is 0.969 bits per heavy atom. The minimum Gasteiger partial charge on any atom is -0.494 e. The average molecular weight is 431 g/mol. The molecule has 164 valence electrons. The molecule has 4 aromatic rings. The van der Waals surface area contributed by atoms with Crippen molar-refractivity contribution >= 4 is 16.9 Å². The van der Waals surface area contributed by atoms with Crippen molar-refractivity contribution in [2.75, 3.05) is 13.7 Å². The number of carboxylic acid groups (broad SMARTS) is 1. The van der Waals surface area contributed by atoms with Crippen LogP contribution in [0.2, 0.25) is 0 Å². The number of hydrogen-bond donors (Lipinski definition) is 2. The van der Waals surface area contributed by atoms with Crippen LogP contribution >= 0.6 is 0 Å². The molecule has 4 rings (SSSR count). The maximum atomic E-state index is 11.6. The van der Waals surface area contributed by atoms with Crippen LogP contribution in [0, 0.1) is 0 Å². The third kappa shape index (κ3) is 4.54. The molecular weight excluding hydrogens is 406 g/mol. The van der Waals surface area contributed by atoms with Crippen LogP contribution in [-0.4, -0.2) is 29.8 Å². The van der Waals surface area contributed by atoms with Gasteiger partial charge in [-0.2, -0.15) is 0 Å². The van der Waals surface area contributed by atoms with E-state index in [0.717, 1.165) is 27.7 Å². The van der Waals surface area contributed by atoms with Gasteiger partial charge in [-0.1, -0.05) is 30.3 Å². The Labute approximate surface area is 186 Å². The quantitative estimate of drug-likeness (QED) is 0.368. The number of fused-ring (bicyclic) bond motifs is 1. The summed E-state index contributed by atoms with van der Waals surface area (Å²) in [4.78, 5) is 15.0. The predicted octanol–water partition coefficient (Wildman–Crippen LogP) is 5.45. The number of nitrogens with one attached hydrogen (secondary N) is 1. The standard InChI is InChI=1S/C26H25NO5/c1-3-31-19-10-11-22-20(14-19)21(15-25(28)29)26(27-22)18-9-12-23(24(13-18)30-2)32-16-17-7-5-4-6-8-17/h4-14,27H,3,15-16H2,1-2H3,(H,28,29). The van der Waals surface area contributed by atoms with E-state index in [2.05, 4.69) is 4.98 Å². The van der Waals surface area contributed by atoms with Crippen LogP contribution in [0.5, 0.6) is 17.2 Å². The third-order valence-corrected chi connectivity index (χ3v) is 5.21. The Kier molecular flexibility index (Phi) is 6.31. The molecule has 0 saturated carbocycles. The largest absolute Gasteiger partial charge is 0.494 e. The monoisotopic (exact) mass is 431 g/mol. The van der Waals surface area contributed by atoms with Gasteiger partial charge in [-0.3, -0.25) is 4.79 Å². The van der Waals surface area contributed by atoms with E-state index >= 15 is 0 Å². The second kappa shape index (κ2) is 9.47.